The molecule has 0 rings (SSSR count). The van der Waals surface area contributed by atoms with Crippen LogP contribution in [-0.2, 0) is 27.9 Å². The Balaban J connectivity index is 4.34. The lowest BCUT2D eigenvalue weighted by atomic mass is 10.0. The molecule has 4 atom stereocenters. The summed E-state index contributed by atoms with van der Waals surface area (Å²) < 4.78 is 33.0. The Morgan fingerprint density at radius 2 is 1.21 bits per heavy atom. The highest BCUT2D eigenvalue weighted by molar-refractivity contribution is 7.47. The Labute approximate surface area is 340 Å². The van der Waals surface area contributed by atoms with Gasteiger partial charge in [-0.15, -0.1) is 0 Å². The zero-order valence-electron chi connectivity index (χ0n) is 34.8. The van der Waals surface area contributed by atoms with Gasteiger partial charge in [-0.25, -0.2) is 4.57 Å². The summed E-state index contributed by atoms with van der Waals surface area (Å²) in [7, 11) is -4.31. The predicted octanol–water partition coefficient (Wildman–Crippen LogP) is 10.8. The zero-order valence-corrected chi connectivity index (χ0v) is 35.7. The van der Waals surface area contributed by atoms with Crippen molar-refractivity contribution in [3.05, 3.63) is 85.3 Å². The summed E-state index contributed by atoms with van der Waals surface area (Å²) in [6.45, 7) is 3.81. The Hall–Kier alpha value is -2.56. The Kier molecular flexibility index (Phi) is 38.8. The largest absolute Gasteiger partial charge is 0.492 e. The molecule has 0 saturated carbocycles. The minimum atomic E-state index is -4.31. The molecular formula is C45H78NO9P. The van der Waals surface area contributed by atoms with Crippen LogP contribution in [0.25, 0.3) is 0 Å². The molecule has 5 N–H and O–H groups in total. The van der Waals surface area contributed by atoms with Gasteiger partial charge in [0.25, 0.3) is 0 Å². The number of hydrogen-bond acceptors (Lipinski definition) is 9. The van der Waals surface area contributed by atoms with Crippen molar-refractivity contribution in [1.29, 1.82) is 0 Å². The van der Waals surface area contributed by atoms with Crippen LogP contribution in [-0.4, -0.2) is 65.8 Å². The molecule has 0 aliphatic rings. The number of ether oxygens (including phenoxy) is 2. The van der Waals surface area contributed by atoms with Gasteiger partial charge in [-0.05, 0) is 51.0 Å². The fraction of sp³-hybridized carbons (Fsp3) is 0.667. The number of aliphatic hydroxyl groups excluding tert-OH is 2. The Bertz CT molecular complexity index is 1160. The third-order valence-corrected chi connectivity index (χ3v) is 9.58. The van der Waals surface area contributed by atoms with E-state index in [1.165, 1.54) is 83.3 Å². The van der Waals surface area contributed by atoms with Crippen molar-refractivity contribution in [1.82, 2.24) is 0 Å². The molecule has 0 fully saturated rings. The lowest BCUT2D eigenvalue weighted by molar-refractivity contribution is -0.147. The van der Waals surface area contributed by atoms with Crippen LogP contribution in [0.5, 0.6) is 0 Å². The molecule has 0 bridgehead atoms. The van der Waals surface area contributed by atoms with E-state index in [4.69, 9.17) is 24.3 Å². The van der Waals surface area contributed by atoms with E-state index in [1.807, 2.05) is 48.6 Å². The lowest BCUT2D eigenvalue weighted by Gasteiger charge is -2.19. The van der Waals surface area contributed by atoms with Gasteiger partial charge >= 0.3 is 13.8 Å². The van der Waals surface area contributed by atoms with Gasteiger partial charge in [0.05, 0.1) is 31.7 Å². The van der Waals surface area contributed by atoms with E-state index >= 15 is 0 Å². The summed E-state index contributed by atoms with van der Waals surface area (Å²) in [5, 5.41) is 19.9. The molecule has 0 aromatic heterocycles. The van der Waals surface area contributed by atoms with Crippen LogP contribution in [0.2, 0.25) is 0 Å². The quantitative estimate of drug-likeness (QED) is 0.0118. The number of phosphoric ester groups is 1. The van der Waals surface area contributed by atoms with Crippen molar-refractivity contribution in [2.45, 2.75) is 167 Å². The Morgan fingerprint density at radius 3 is 1.79 bits per heavy atom. The minimum absolute atomic E-state index is 0.0709. The second-order valence-corrected chi connectivity index (χ2v) is 15.4. The SMILES string of the molecule is CC/C=C\C[C@@H](O)/C=C/C=C\C=C\[C@@H](O)C/C=C\C/C=C\CCC(=O)OC[C@H](COP(=O)(O)OCCN)O/C=C/CCCCCCCCCCCCCCCC. The van der Waals surface area contributed by atoms with E-state index in [2.05, 4.69) is 13.8 Å². The molecule has 0 radical (unpaired) electrons. The van der Waals surface area contributed by atoms with Gasteiger partial charge in [-0.2, -0.15) is 0 Å². The number of unbranched alkanes of at least 4 members (excludes halogenated alkanes) is 14. The van der Waals surface area contributed by atoms with Crippen LogP contribution >= 0.6 is 7.82 Å². The highest BCUT2D eigenvalue weighted by atomic mass is 31.2. The third-order valence-electron chi connectivity index (χ3n) is 8.60. The van der Waals surface area contributed by atoms with Crippen LogP contribution in [0, 0.1) is 0 Å². The highest BCUT2D eigenvalue weighted by Gasteiger charge is 2.24. The number of rotatable bonds is 39. The van der Waals surface area contributed by atoms with E-state index in [-0.39, 0.29) is 32.8 Å². The average molecular weight is 808 g/mol. The maximum Gasteiger partial charge on any atom is 0.472 e. The molecule has 0 aromatic carbocycles. The maximum atomic E-state index is 12.4. The number of esters is 1. The van der Waals surface area contributed by atoms with Gasteiger partial charge in [0, 0.05) is 13.0 Å². The van der Waals surface area contributed by atoms with Crippen LogP contribution in [0.1, 0.15) is 149 Å². The van der Waals surface area contributed by atoms with E-state index in [1.54, 1.807) is 30.4 Å². The molecule has 0 aliphatic carbocycles. The first kappa shape index (κ1) is 53.4. The summed E-state index contributed by atoms with van der Waals surface area (Å²) in [4.78, 5) is 22.2. The topological polar surface area (TPSA) is 158 Å². The van der Waals surface area contributed by atoms with Crippen molar-refractivity contribution < 1.29 is 43.0 Å². The van der Waals surface area contributed by atoms with Gasteiger partial charge < -0.3 is 30.3 Å². The van der Waals surface area contributed by atoms with Crippen molar-refractivity contribution in [3.63, 3.8) is 0 Å². The maximum absolute atomic E-state index is 12.4. The normalized spacial score (nSPS) is 15.4. The number of hydrogen-bond donors (Lipinski definition) is 4. The molecule has 0 spiro atoms. The third kappa shape index (κ3) is 39.7. The first-order valence-electron chi connectivity index (χ1n) is 21.3. The average Bonchev–Trinajstić information content (AvgIpc) is 3.18. The predicted molar refractivity (Wildman–Crippen MR) is 231 cm³/mol. The fourth-order valence-electron chi connectivity index (χ4n) is 5.36. The molecule has 322 valence electrons. The van der Waals surface area contributed by atoms with Gasteiger partial charge in [-0.3, -0.25) is 13.8 Å². The lowest BCUT2D eigenvalue weighted by Crippen LogP contribution is -2.25. The minimum Gasteiger partial charge on any atom is -0.492 e. The molecule has 0 saturated heterocycles. The number of allylic oxidation sites excluding steroid dienone is 9. The fourth-order valence-corrected chi connectivity index (χ4v) is 6.12. The monoisotopic (exact) mass is 808 g/mol. The highest BCUT2D eigenvalue weighted by Crippen LogP contribution is 2.43. The van der Waals surface area contributed by atoms with E-state index in [0.29, 0.717) is 25.7 Å². The Morgan fingerprint density at radius 1 is 0.661 bits per heavy atom. The summed E-state index contributed by atoms with van der Waals surface area (Å²) in [6, 6.07) is 0. The summed E-state index contributed by atoms with van der Waals surface area (Å²) in [6.07, 6.45) is 46.3. The number of carbonyl (C=O) groups excluding carboxylic acids is 1. The van der Waals surface area contributed by atoms with Crippen LogP contribution in [0.3, 0.4) is 0 Å². The second-order valence-electron chi connectivity index (χ2n) is 13.9. The molecular weight excluding hydrogens is 729 g/mol. The van der Waals surface area contributed by atoms with Gasteiger partial charge in [-0.1, -0.05) is 170 Å². The standard InChI is InChI=1S/C45H78NO9P/c1-3-5-7-8-9-10-11-12-13-14-15-16-17-20-25-31-38-52-44(41-55-56(50,51)54-39-37-46)40-53-45(49)36-30-22-19-18-21-27-33-43(48)35-29-24-23-28-34-42(47)32-26-6-4-2/h6,19,21-24,26-29,31,34-35,38,42-44,47-48H,3-5,7-18,20,25,30,32-33,36-37,39-41,46H2,1-2H3,(H,50,51)/b22-19-,24-23-,26-6-,27-21-,34-28+,35-29+,38-31+/t42-,43+,44-/m1/s1. The number of aliphatic hydroxyl groups is 2. The second kappa shape index (κ2) is 40.6. The molecule has 10 nitrogen and oxygen atoms in total. The molecule has 0 heterocycles. The molecule has 0 aliphatic heterocycles. The van der Waals surface area contributed by atoms with Crippen molar-refractivity contribution in [2.75, 3.05) is 26.4 Å². The summed E-state index contributed by atoms with van der Waals surface area (Å²) in [5.41, 5.74) is 5.35. The van der Waals surface area contributed by atoms with Crippen molar-refractivity contribution in [3.8, 4) is 0 Å². The molecule has 11 heteroatoms. The molecule has 56 heavy (non-hydrogen) atoms. The smallest absolute Gasteiger partial charge is 0.472 e. The van der Waals surface area contributed by atoms with Crippen molar-refractivity contribution in [2.24, 2.45) is 5.73 Å². The first-order chi connectivity index (χ1) is 27.2. The van der Waals surface area contributed by atoms with E-state index in [0.717, 1.165) is 25.7 Å². The number of carbonyl (C=O) groups is 1. The number of nitrogens with two attached hydrogens (primary N) is 1. The molecule has 0 aromatic rings. The summed E-state index contributed by atoms with van der Waals surface area (Å²) >= 11 is 0. The van der Waals surface area contributed by atoms with E-state index in [9.17, 15) is 24.5 Å². The first-order valence-corrected chi connectivity index (χ1v) is 22.8. The van der Waals surface area contributed by atoms with E-state index < -0.39 is 32.1 Å². The van der Waals surface area contributed by atoms with Crippen LogP contribution < -0.4 is 5.73 Å². The van der Waals surface area contributed by atoms with Crippen molar-refractivity contribution >= 4 is 13.8 Å². The number of phosphoric acid groups is 1. The molecule has 0 amide bonds. The zero-order chi connectivity index (χ0) is 41.2. The molecule has 1 unspecified atom stereocenters. The van der Waals surface area contributed by atoms with Crippen LogP contribution in [0.4, 0.5) is 0 Å². The van der Waals surface area contributed by atoms with Gasteiger partial charge in [0.1, 0.15) is 6.61 Å². The summed E-state index contributed by atoms with van der Waals surface area (Å²) in [5.74, 6) is -0.420. The van der Waals surface area contributed by atoms with Gasteiger partial charge in [0.15, 0.2) is 6.10 Å². The van der Waals surface area contributed by atoms with Crippen LogP contribution in [0.15, 0.2) is 85.3 Å². The van der Waals surface area contributed by atoms with Gasteiger partial charge in [0.2, 0.25) is 0 Å².